The fraction of sp³-hybridized carbons (Fsp3) is 0.290. The van der Waals surface area contributed by atoms with E-state index < -0.39 is 0 Å². The number of imidazole rings is 1. The minimum absolute atomic E-state index is 0.0539. The van der Waals surface area contributed by atoms with Crippen molar-refractivity contribution in [3.8, 4) is 11.5 Å². The Morgan fingerprint density at radius 1 is 0.919 bits per heavy atom. The van der Waals surface area contributed by atoms with Gasteiger partial charge in [-0.2, -0.15) is 0 Å². The van der Waals surface area contributed by atoms with E-state index in [1.165, 1.54) is 0 Å². The zero-order valence-electron chi connectivity index (χ0n) is 21.4. The number of nitrogens with one attached hydrogen (secondary N) is 1. The van der Waals surface area contributed by atoms with E-state index in [4.69, 9.17) is 14.5 Å². The molecule has 37 heavy (non-hydrogen) atoms. The number of aryl methyl sites for hydroxylation is 2. The Morgan fingerprint density at radius 2 is 1.73 bits per heavy atom. The van der Waals surface area contributed by atoms with E-state index in [0.717, 1.165) is 72.6 Å². The topological polar surface area (TPSA) is 65.4 Å². The lowest BCUT2D eigenvalue weighted by Crippen LogP contribution is -2.22. The van der Waals surface area contributed by atoms with E-state index in [1.807, 2.05) is 66.7 Å². The highest BCUT2D eigenvalue weighted by Crippen LogP contribution is 2.20. The lowest BCUT2D eigenvalue weighted by Gasteiger charge is -2.11. The van der Waals surface area contributed by atoms with E-state index in [0.29, 0.717) is 13.2 Å². The Morgan fingerprint density at radius 3 is 2.59 bits per heavy atom. The third-order valence-corrected chi connectivity index (χ3v) is 6.17. The third kappa shape index (κ3) is 7.97. The van der Waals surface area contributed by atoms with Crippen molar-refractivity contribution in [3.63, 3.8) is 0 Å². The number of ether oxygens (including phenoxy) is 2. The molecule has 0 unspecified atom stereocenters. The Balaban J connectivity index is 1.21. The summed E-state index contributed by atoms with van der Waals surface area (Å²) in [6.07, 6.45) is 8.22. The standard InChI is InChI=1S/C31H35N3O3/c1-36-26-14-10-15-27(24-26)37-23-11-22-34-29-17-8-7-16-28(29)33-30(34)18-6-3-9-21-32-31(35)20-19-25-12-4-2-5-13-25/h2,4-5,7-8,10,12-17,19-20,24H,3,6,9,11,18,21-23H2,1H3,(H,32,35)/b20-19+. The number of hydrogen-bond acceptors (Lipinski definition) is 4. The quantitative estimate of drug-likeness (QED) is 0.170. The Hall–Kier alpha value is -4.06. The van der Waals surface area contributed by atoms with Crippen LogP contribution in [0.3, 0.4) is 0 Å². The second kappa shape index (κ2) is 13.9. The SMILES string of the molecule is COc1cccc(OCCCn2c(CCCCCNC(=O)/C=C/c3ccccc3)nc3ccccc32)c1. The minimum Gasteiger partial charge on any atom is -0.497 e. The number of nitrogens with zero attached hydrogens (tertiary/aromatic N) is 2. The van der Waals surface area contributed by atoms with Gasteiger partial charge in [0.05, 0.1) is 24.8 Å². The number of para-hydroxylation sites is 2. The van der Waals surface area contributed by atoms with Crippen LogP contribution in [-0.2, 0) is 17.8 Å². The second-order valence-electron chi connectivity index (χ2n) is 8.90. The first-order valence-corrected chi connectivity index (χ1v) is 12.9. The summed E-state index contributed by atoms with van der Waals surface area (Å²) in [7, 11) is 1.66. The van der Waals surface area contributed by atoms with Crippen LogP contribution >= 0.6 is 0 Å². The van der Waals surface area contributed by atoms with Crippen LogP contribution in [0, 0.1) is 0 Å². The number of benzene rings is 3. The second-order valence-corrected chi connectivity index (χ2v) is 8.90. The number of rotatable bonds is 14. The molecule has 0 aliphatic heterocycles. The fourth-order valence-corrected chi connectivity index (χ4v) is 4.26. The number of unbranched alkanes of at least 4 members (excludes halogenated alkanes) is 2. The average Bonchev–Trinajstić information content (AvgIpc) is 3.29. The van der Waals surface area contributed by atoms with Crippen LogP contribution in [0.1, 0.15) is 37.1 Å². The average molecular weight is 498 g/mol. The van der Waals surface area contributed by atoms with Gasteiger partial charge in [-0.25, -0.2) is 4.98 Å². The summed E-state index contributed by atoms with van der Waals surface area (Å²) in [5, 5.41) is 2.97. The van der Waals surface area contributed by atoms with Gasteiger partial charge in [-0.05, 0) is 55.2 Å². The van der Waals surface area contributed by atoms with E-state index in [-0.39, 0.29) is 5.91 Å². The molecule has 192 valence electrons. The summed E-state index contributed by atoms with van der Waals surface area (Å²) in [6, 6.07) is 25.8. The van der Waals surface area contributed by atoms with Gasteiger partial charge >= 0.3 is 0 Å². The van der Waals surface area contributed by atoms with Crippen molar-refractivity contribution in [2.45, 2.75) is 38.6 Å². The van der Waals surface area contributed by atoms with Crippen LogP contribution in [0.25, 0.3) is 17.1 Å². The summed E-state index contributed by atoms with van der Waals surface area (Å²) >= 11 is 0. The fourth-order valence-electron chi connectivity index (χ4n) is 4.26. The lowest BCUT2D eigenvalue weighted by atomic mass is 10.2. The first kappa shape index (κ1) is 26.0. The predicted molar refractivity (Wildman–Crippen MR) is 149 cm³/mol. The zero-order valence-corrected chi connectivity index (χ0v) is 21.4. The molecule has 4 rings (SSSR count). The van der Waals surface area contributed by atoms with Gasteiger partial charge in [0.25, 0.3) is 0 Å². The Bertz CT molecular complexity index is 1300. The molecule has 1 heterocycles. The monoisotopic (exact) mass is 497 g/mol. The summed E-state index contributed by atoms with van der Waals surface area (Å²) in [5.74, 6) is 2.67. The maximum atomic E-state index is 12.0. The number of carbonyl (C=O) groups is 1. The molecule has 0 bridgehead atoms. The predicted octanol–water partition coefficient (Wildman–Crippen LogP) is 6.06. The molecule has 1 N–H and O–H groups in total. The minimum atomic E-state index is -0.0539. The molecule has 0 atom stereocenters. The smallest absolute Gasteiger partial charge is 0.243 e. The highest BCUT2D eigenvalue weighted by Gasteiger charge is 2.10. The normalized spacial score (nSPS) is 11.2. The van der Waals surface area contributed by atoms with Crippen molar-refractivity contribution >= 4 is 23.0 Å². The molecule has 0 saturated heterocycles. The summed E-state index contributed by atoms with van der Waals surface area (Å²) in [6.45, 7) is 2.15. The molecule has 4 aromatic rings. The summed E-state index contributed by atoms with van der Waals surface area (Å²) in [4.78, 5) is 16.9. The Kier molecular flexibility index (Phi) is 9.76. The summed E-state index contributed by atoms with van der Waals surface area (Å²) < 4.78 is 13.5. The molecule has 0 aliphatic rings. The van der Waals surface area contributed by atoms with Gasteiger partial charge < -0.3 is 19.4 Å². The van der Waals surface area contributed by atoms with Gasteiger partial charge in [0.1, 0.15) is 17.3 Å². The highest BCUT2D eigenvalue weighted by atomic mass is 16.5. The van der Waals surface area contributed by atoms with Crippen LogP contribution in [0.5, 0.6) is 11.5 Å². The van der Waals surface area contributed by atoms with Gasteiger partial charge in [0.2, 0.25) is 5.91 Å². The molecule has 0 radical (unpaired) electrons. The van der Waals surface area contributed by atoms with Crippen molar-refractivity contribution < 1.29 is 14.3 Å². The van der Waals surface area contributed by atoms with Crippen LogP contribution < -0.4 is 14.8 Å². The molecule has 0 spiro atoms. The molecule has 1 aromatic heterocycles. The molecular formula is C31H35N3O3. The highest BCUT2D eigenvalue weighted by molar-refractivity contribution is 5.91. The van der Waals surface area contributed by atoms with Crippen LogP contribution in [0.2, 0.25) is 0 Å². The molecule has 3 aromatic carbocycles. The van der Waals surface area contributed by atoms with Crippen molar-refractivity contribution in [1.82, 2.24) is 14.9 Å². The van der Waals surface area contributed by atoms with Crippen LogP contribution in [0.15, 0.2) is 84.9 Å². The van der Waals surface area contributed by atoms with E-state index in [2.05, 4.69) is 28.1 Å². The van der Waals surface area contributed by atoms with Gasteiger partial charge in [-0.3, -0.25) is 4.79 Å². The third-order valence-electron chi connectivity index (χ3n) is 6.17. The molecule has 6 nitrogen and oxygen atoms in total. The number of fused-ring (bicyclic) bond motifs is 1. The number of carbonyl (C=O) groups excluding carboxylic acids is 1. The van der Waals surface area contributed by atoms with Gasteiger partial charge in [-0.15, -0.1) is 0 Å². The number of aromatic nitrogens is 2. The summed E-state index contributed by atoms with van der Waals surface area (Å²) in [5.41, 5.74) is 3.22. The van der Waals surface area contributed by atoms with Gasteiger partial charge in [-0.1, -0.05) is 55.0 Å². The van der Waals surface area contributed by atoms with E-state index in [1.54, 1.807) is 13.2 Å². The van der Waals surface area contributed by atoms with Crippen LogP contribution in [-0.4, -0.2) is 35.7 Å². The molecular weight excluding hydrogens is 462 g/mol. The maximum Gasteiger partial charge on any atom is 0.243 e. The number of amides is 1. The largest absolute Gasteiger partial charge is 0.497 e. The molecule has 1 amide bonds. The zero-order chi connectivity index (χ0) is 25.7. The molecule has 0 saturated carbocycles. The van der Waals surface area contributed by atoms with Crippen molar-refractivity contribution in [2.24, 2.45) is 0 Å². The first-order valence-electron chi connectivity index (χ1n) is 12.9. The lowest BCUT2D eigenvalue weighted by molar-refractivity contribution is -0.116. The van der Waals surface area contributed by atoms with E-state index >= 15 is 0 Å². The molecule has 0 fully saturated rings. The van der Waals surface area contributed by atoms with Crippen molar-refractivity contribution in [2.75, 3.05) is 20.3 Å². The van der Waals surface area contributed by atoms with Gasteiger partial charge in [0.15, 0.2) is 0 Å². The molecule has 0 aliphatic carbocycles. The first-order chi connectivity index (χ1) is 18.2. The number of hydrogen-bond donors (Lipinski definition) is 1. The number of methoxy groups -OCH3 is 1. The van der Waals surface area contributed by atoms with Crippen LogP contribution in [0.4, 0.5) is 0 Å². The molecule has 6 heteroatoms. The van der Waals surface area contributed by atoms with E-state index in [9.17, 15) is 4.79 Å². The van der Waals surface area contributed by atoms with Gasteiger partial charge in [0, 0.05) is 31.7 Å². The Labute approximate surface area is 218 Å². The van der Waals surface area contributed by atoms with Crippen molar-refractivity contribution in [3.05, 3.63) is 96.3 Å². The van der Waals surface area contributed by atoms with Crippen molar-refractivity contribution in [1.29, 1.82) is 0 Å². The maximum absolute atomic E-state index is 12.0.